The lowest BCUT2D eigenvalue weighted by atomic mass is 10.2. The Balaban J connectivity index is 1.67. The fraction of sp³-hybridized carbons (Fsp3) is 0.412. The van der Waals surface area contributed by atoms with E-state index in [0.29, 0.717) is 17.6 Å². The molecule has 1 fully saturated rings. The van der Waals surface area contributed by atoms with Gasteiger partial charge in [0.1, 0.15) is 5.82 Å². The average molecular weight is 360 g/mol. The second-order valence-corrected chi connectivity index (χ2v) is 6.69. The monoisotopic (exact) mass is 360 g/mol. The van der Waals surface area contributed by atoms with Gasteiger partial charge in [-0.15, -0.1) is 10.2 Å². The number of thioether (sulfide) groups is 1. The Morgan fingerprint density at radius 3 is 2.72 bits per heavy atom. The van der Waals surface area contributed by atoms with Crippen LogP contribution in [0.15, 0.2) is 35.5 Å². The number of ether oxygens (including phenoxy) is 1. The maximum absolute atomic E-state index is 11.8. The number of hydrogen-bond donors (Lipinski definition) is 1. The van der Waals surface area contributed by atoms with Crippen LogP contribution in [0.5, 0.6) is 0 Å². The summed E-state index contributed by atoms with van der Waals surface area (Å²) in [5.41, 5.74) is 1.15. The zero-order chi connectivity index (χ0) is 17.6. The Morgan fingerprint density at radius 1 is 1.28 bits per heavy atom. The van der Waals surface area contributed by atoms with Gasteiger partial charge in [-0.2, -0.15) is 0 Å². The molecule has 0 unspecified atom stereocenters. The van der Waals surface area contributed by atoms with Crippen molar-refractivity contribution in [2.75, 3.05) is 12.4 Å². The maximum Gasteiger partial charge on any atom is 0.413 e. The van der Waals surface area contributed by atoms with Gasteiger partial charge in [-0.05, 0) is 25.3 Å². The zero-order valence-corrected chi connectivity index (χ0v) is 14.8. The van der Waals surface area contributed by atoms with Gasteiger partial charge < -0.3 is 9.30 Å². The van der Waals surface area contributed by atoms with Crippen LogP contribution in [0.25, 0.3) is 0 Å². The second kappa shape index (κ2) is 8.15. The Labute approximate surface area is 150 Å². The van der Waals surface area contributed by atoms with E-state index in [-0.39, 0.29) is 12.4 Å². The molecule has 2 aromatic rings. The maximum atomic E-state index is 11.8. The lowest BCUT2D eigenvalue weighted by Crippen LogP contribution is -2.32. The van der Waals surface area contributed by atoms with Gasteiger partial charge in [0.15, 0.2) is 5.16 Å². The summed E-state index contributed by atoms with van der Waals surface area (Å²) in [6.07, 6.45) is 1.53. The van der Waals surface area contributed by atoms with E-state index in [1.165, 1.54) is 11.8 Å². The van der Waals surface area contributed by atoms with Gasteiger partial charge >= 0.3 is 6.09 Å². The van der Waals surface area contributed by atoms with Gasteiger partial charge in [0.25, 0.3) is 0 Å². The molecule has 1 aromatic carbocycles. The molecule has 25 heavy (non-hydrogen) atoms. The van der Waals surface area contributed by atoms with Crippen molar-refractivity contribution in [1.82, 2.24) is 20.1 Å². The first-order valence-electron chi connectivity index (χ1n) is 8.23. The lowest BCUT2D eigenvalue weighted by molar-refractivity contribution is -0.117. The molecule has 0 bridgehead atoms. The molecule has 8 heteroatoms. The number of aromatic nitrogens is 3. The number of carbonyl (C=O) groups excluding carboxylic acids is 2. The molecule has 1 N–H and O–H groups in total. The molecule has 0 radical (unpaired) electrons. The Kier molecular flexibility index (Phi) is 5.70. The highest BCUT2D eigenvalue weighted by Gasteiger charge is 2.30. The molecule has 0 saturated heterocycles. The summed E-state index contributed by atoms with van der Waals surface area (Å²) in [4.78, 5) is 23.1. The van der Waals surface area contributed by atoms with Crippen LogP contribution in [0.3, 0.4) is 0 Å². The van der Waals surface area contributed by atoms with E-state index in [0.717, 1.165) is 24.2 Å². The van der Waals surface area contributed by atoms with Gasteiger partial charge in [-0.3, -0.25) is 10.1 Å². The van der Waals surface area contributed by atoms with Crippen LogP contribution in [-0.2, 0) is 16.1 Å². The van der Waals surface area contributed by atoms with E-state index >= 15 is 0 Å². The normalized spacial score (nSPS) is 13.5. The third-order valence-corrected chi connectivity index (χ3v) is 4.69. The van der Waals surface area contributed by atoms with Gasteiger partial charge in [-0.1, -0.05) is 42.1 Å². The number of carbonyl (C=O) groups is 2. The number of amides is 2. The summed E-state index contributed by atoms with van der Waals surface area (Å²) < 4.78 is 6.76. The lowest BCUT2D eigenvalue weighted by Gasteiger charge is -2.10. The second-order valence-electron chi connectivity index (χ2n) is 5.74. The average Bonchev–Trinajstić information content (AvgIpc) is 3.36. The topological polar surface area (TPSA) is 86.1 Å². The largest absolute Gasteiger partial charge is 0.450 e. The molecular weight excluding hydrogens is 340 g/mol. The van der Waals surface area contributed by atoms with E-state index in [1.807, 2.05) is 18.2 Å². The number of rotatable bonds is 7. The van der Waals surface area contributed by atoms with Crippen LogP contribution < -0.4 is 5.32 Å². The van der Waals surface area contributed by atoms with Crippen molar-refractivity contribution in [3.05, 3.63) is 41.7 Å². The van der Waals surface area contributed by atoms with Crippen LogP contribution >= 0.6 is 11.8 Å². The van der Waals surface area contributed by atoms with E-state index < -0.39 is 12.0 Å². The smallest absolute Gasteiger partial charge is 0.413 e. The zero-order valence-electron chi connectivity index (χ0n) is 14.0. The predicted molar refractivity (Wildman–Crippen MR) is 93.4 cm³/mol. The predicted octanol–water partition coefficient (Wildman–Crippen LogP) is 2.57. The first-order chi connectivity index (χ1) is 12.2. The van der Waals surface area contributed by atoms with Crippen LogP contribution in [0.2, 0.25) is 0 Å². The number of imide groups is 1. The van der Waals surface area contributed by atoms with Crippen LogP contribution in [0.4, 0.5) is 4.79 Å². The fourth-order valence-electron chi connectivity index (χ4n) is 2.41. The molecule has 132 valence electrons. The number of benzene rings is 1. The summed E-state index contributed by atoms with van der Waals surface area (Å²) in [6.45, 7) is 2.58. The van der Waals surface area contributed by atoms with Crippen molar-refractivity contribution in [3.63, 3.8) is 0 Å². The van der Waals surface area contributed by atoms with Gasteiger partial charge in [-0.25, -0.2) is 4.79 Å². The number of nitrogens with zero attached hydrogens (tertiary/aromatic N) is 3. The quantitative estimate of drug-likeness (QED) is 0.764. The Hall–Kier alpha value is -2.35. The van der Waals surface area contributed by atoms with E-state index in [9.17, 15) is 9.59 Å². The van der Waals surface area contributed by atoms with Crippen molar-refractivity contribution >= 4 is 23.8 Å². The van der Waals surface area contributed by atoms with Crippen LogP contribution in [-0.4, -0.2) is 39.1 Å². The molecule has 7 nitrogen and oxygen atoms in total. The van der Waals surface area contributed by atoms with Crippen molar-refractivity contribution in [1.29, 1.82) is 0 Å². The molecule has 1 heterocycles. The standard InChI is InChI=1S/C17H20N4O3S/c1-2-24-17(23)18-14(22)11-25-16-20-19-15(13-8-9-13)21(16)10-12-6-4-3-5-7-12/h3-7,13H,2,8-11H2,1H3,(H,18,22,23). The van der Waals surface area contributed by atoms with Gasteiger partial charge in [0.05, 0.1) is 18.9 Å². The molecule has 3 rings (SSSR count). The van der Waals surface area contributed by atoms with Gasteiger partial charge in [0.2, 0.25) is 5.91 Å². The third-order valence-electron chi connectivity index (χ3n) is 3.72. The Morgan fingerprint density at radius 2 is 2.04 bits per heavy atom. The summed E-state index contributed by atoms with van der Waals surface area (Å²) in [5, 5.41) is 11.4. The molecule has 2 amide bonds. The summed E-state index contributed by atoms with van der Waals surface area (Å²) >= 11 is 1.27. The highest BCUT2D eigenvalue weighted by molar-refractivity contribution is 7.99. The molecular formula is C17H20N4O3S. The SMILES string of the molecule is CCOC(=O)NC(=O)CSc1nnc(C2CC2)n1Cc1ccccc1. The molecule has 1 aromatic heterocycles. The first-order valence-corrected chi connectivity index (χ1v) is 9.22. The highest BCUT2D eigenvalue weighted by Crippen LogP contribution is 2.40. The van der Waals surface area contributed by atoms with Crippen molar-refractivity contribution in [3.8, 4) is 0 Å². The summed E-state index contributed by atoms with van der Waals surface area (Å²) in [5.74, 6) is 1.10. The van der Waals surface area contributed by atoms with Crippen LogP contribution in [0.1, 0.15) is 37.1 Å². The Bertz CT molecular complexity index is 744. The van der Waals surface area contributed by atoms with E-state index in [4.69, 9.17) is 4.74 Å². The molecule has 0 aliphatic heterocycles. The van der Waals surface area contributed by atoms with Crippen molar-refractivity contribution in [2.45, 2.75) is 37.4 Å². The fourth-order valence-corrected chi connectivity index (χ4v) is 3.16. The van der Waals surface area contributed by atoms with Crippen molar-refractivity contribution in [2.24, 2.45) is 0 Å². The van der Waals surface area contributed by atoms with Crippen LogP contribution in [0, 0.1) is 0 Å². The first kappa shape index (κ1) is 17.5. The summed E-state index contributed by atoms with van der Waals surface area (Å²) in [7, 11) is 0. The van der Waals surface area contributed by atoms with Crippen molar-refractivity contribution < 1.29 is 14.3 Å². The van der Waals surface area contributed by atoms with E-state index in [2.05, 4.69) is 32.2 Å². The van der Waals surface area contributed by atoms with E-state index in [1.54, 1.807) is 6.92 Å². The van der Waals surface area contributed by atoms with Gasteiger partial charge in [0, 0.05) is 5.92 Å². The number of nitrogens with one attached hydrogen (secondary N) is 1. The molecule has 0 atom stereocenters. The summed E-state index contributed by atoms with van der Waals surface area (Å²) in [6, 6.07) is 10.1. The number of alkyl carbamates (subject to hydrolysis) is 1. The molecule has 1 aliphatic carbocycles. The molecule has 1 saturated carbocycles. The minimum absolute atomic E-state index is 0.0798. The highest BCUT2D eigenvalue weighted by atomic mass is 32.2. The minimum Gasteiger partial charge on any atom is -0.450 e. The molecule has 1 aliphatic rings. The minimum atomic E-state index is -0.725. The number of hydrogen-bond acceptors (Lipinski definition) is 6. The molecule has 0 spiro atoms. The third kappa shape index (κ3) is 4.82.